The Morgan fingerprint density at radius 2 is 1.86 bits per heavy atom. The number of aliphatic hydroxyl groups excluding tert-OH is 1. The van der Waals surface area contributed by atoms with Crippen LogP contribution in [0.4, 0.5) is 9.59 Å². The Hall–Kier alpha value is -3.14. The summed E-state index contributed by atoms with van der Waals surface area (Å²) < 4.78 is 15.3. The van der Waals surface area contributed by atoms with Crippen LogP contribution >= 0.6 is 0 Å². The lowest BCUT2D eigenvalue weighted by atomic mass is 9.92. The minimum atomic E-state index is -1.19. The summed E-state index contributed by atoms with van der Waals surface area (Å²) in [5.41, 5.74) is -0.521. The number of imide groups is 1. The Kier molecular flexibility index (Phi) is 8.04. The molecule has 1 saturated carbocycles. The number of methoxy groups -OCH3 is 1. The Labute approximate surface area is 204 Å². The zero-order chi connectivity index (χ0) is 25.8. The number of aliphatic hydroxyl groups is 1. The third kappa shape index (κ3) is 6.94. The smallest absolute Gasteiger partial charge is 0.417 e. The Morgan fingerprint density at radius 3 is 2.43 bits per heavy atom. The lowest BCUT2D eigenvalue weighted by molar-refractivity contribution is -0.149. The number of benzene rings is 1. The van der Waals surface area contributed by atoms with Crippen molar-refractivity contribution < 1.29 is 38.5 Å². The number of hydrogen-bond donors (Lipinski definition) is 2. The highest BCUT2D eigenvalue weighted by molar-refractivity contribution is 6.01. The fourth-order valence-corrected chi connectivity index (χ4v) is 4.20. The van der Waals surface area contributed by atoms with E-state index in [1.807, 2.05) is 30.3 Å². The molecular weight excluding hydrogens is 456 g/mol. The number of amides is 3. The Bertz CT molecular complexity index is 939. The van der Waals surface area contributed by atoms with Crippen LogP contribution in [0.3, 0.4) is 0 Å². The van der Waals surface area contributed by atoms with Gasteiger partial charge in [0, 0.05) is 12.0 Å². The normalized spacial score (nSPS) is 21.7. The second-order valence-corrected chi connectivity index (χ2v) is 10.1. The highest BCUT2D eigenvalue weighted by Gasteiger charge is 2.54. The molecule has 0 aromatic heterocycles. The fourth-order valence-electron chi connectivity index (χ4n) is 4.20. The van der Waals surface area contributed by atoms with Crippen LogP contribution in [0.1, 0.15) is 52.0 Å². The van der Waals surface area contributed by atoms with Crippen molar-refractivity contribution in [2.75, 3.05) is 13.7 Å². The zero-order valence-electron chi connectivity index (χ0n) is 20.6. The molecule has 1 aromatic rings. The third-order valence-corrected chi connectivity index (χ3v) is 6.16. The van der Waals surface area contributed by atoms with Gasteiger partial charge in [-0.3, -0.25) is 4.79 Å². The molecule has 0 spiro atoms. The number of ether oxygens (including phenoxy) is 3. The first-order valence-corrected chi connectivity index (χ1v) is 11.8. The largest absolute Gasteiger partial charge is 0.467 e. The molecular formula is C25H34N2O8. The van der Waals surface area contributed by atoms with E-state index in [0.717, 1.165) is 17.6 Å². The van der Waals surface area contributed by atoms with Crippen molar-refractivity contribution in [3.05, 3.63) is 35.9 Å². The highest BCUT2D eigenvalue weighted by Crippen LogP contribution is 2.42. The van der Waals surface area contributed by atoms with Gasteiger partial charge < -0.3 is 24.6 Å². The summed E-state index contributed by atoms with van der Waals surface area (Å²) in [6.45, 7) is 5.15. The summed E-state index contributed by atoms with van der Waals surface area (Å²) in [5, 5.41) is 13.7. The maximum atomic E-state index is 13.1. The van der Waals surface area contributed by atoms with Crippen molar-refractivity contribution >= 4 is 24.1 Å². The van der Waals surface area contributed by atoms with Crippen LogP contribution in [-0.2, 0) is 30.2 Å². The molecule has 2 fully saturated rings. The number of nitrogens with one attached hydrogen (secondary N) is 1. The SMILES string of the molecule is COC(=O)[C@@H]1CC(C(O)CC2(NC(=O)OCCc3ccccc3)CC2)C(=O)N1C(=O)OC(C)(C)C. The van der Waals surface area contributed by atoms with Crippen molar-refractivity contribution in [3.63, 3.8) is 0 Å². The Balaban J connectivity index is 1.58. The van der Waals surface area contributed by atoms with Gasteiger partial charge in [0.05, 0.1) is 25.7 Å². The van der Waals surface area contributed by atoms with Gasteiger partial charge in [0.25, 0.3) is 0 Å². The summed E-state index contributed by atoms with van der Waals surface area (Å²) in [6.07, 6.45) is -0.925. The summed E-state index contributed by atoms with van der Waals surface area (Å²) >= 11 is 0. The van der Waals surface area contributed by atoms with Crippen LogP contribution in [0.25, 0.3) is 0 Å². The molecule has 1 aromatic carbocycles. The van der Waals surface area contributed by atoms with Gasteiger partial charge in [-0.2, -0.15) is 0 Å². The first kappa shape index (κ1) is 26.5. The topological polar surface area (TPSA) is 131 Å². The van der Waals surface area contributed by atoms with Crippen molar-refractivity contribution in [3.8, 4) is 0 Å². The number of esters is 1. The molecule has 2 aliphatic rings. The predicted molar refractivity (Wildman–Crippen MR) is 124 cm³/mol. The molecule has 192 valence electrons. The average molecular weight is 491 g/mol. The summed E-state index contributed by atoms with van der Waals surface area (Å²) in [7, 11) is 1.16. The molecule has 3 amide bonds. The van der Waals surface area contributed by atoms with Crippen molar-refractivity contribution in [1.82, 2.24) is 10.2 Å². The lowest BCUT2D eigenvalue weighted by Crippen LogP contribution is -2.47. The molecule has 0 radical (unpaired) electrons. The van der Waals surface area contributed by atoms with Crippen LogP contribution in [0.5, 0.6) is 0 Å². The molecule has 10 nitrogen and oxygen atoms in total. The summed E-state index contributed by atoms with van der Waals surface area (Å²) in [6, 6.07) is 8.44. The van der Waals surface area contributed by atoms with Gasteiger partial charge in [-0.25, -0.2) is 19.3 Å². The minimum Gasteiger partial charge on any atom is -0.467 e. The molecule has 10 heteroatoms. The Morgan fingerprint density at radius 1 is 1.20 bits per heavy atom. The van der Waals surface area contributed by atoms with E-state index >= 15 is 0 Å². The fraction of sp³-hybridized carbons (Fsp3) is 0.600. The third-order valence-electron chi connectivity index (χ3n) is 6.16. The highest BCUT2D eigenvalue weighted by atomic mass is 16.6. The van der Waals surface area contributed by atoms with E-state index in [4.69, 9.17) is 14.2 Å². The van der Waals surface area contributed by atoms with Gasteiger partial charge >= 0.3 is 18.2 Å². The van der Waals surface area contributed by atoms with Gasteiger partial charge in [0.15, 0.2) is 0 Å². The van der Waals surface area contributed by atoms with Crippen LogP contribution in [0.15, 0.2) is 30.3 Å². The molecule has 1 aliphatic heterocycles. The van der Waals surface area contributed by atoms with Gasteiger partial charge in [-0.05, 0) is 52.0 Å². The van der Waals surface area contributed by atoms with E-state index in [-0.39, 0.29) is 19.4 Å². The number of rotatable bonds is 8. The second kappa shape index (κ2) is 10.6. The van der Waals surface area contributed by atoms with Crippen LogP contribution < -0.4 is 5.32 Å². The zero-order valence-corrected chi connectivity index (χ0v) is 20.6. The van der Waals surface area contributed by atoms with Gasteiger partial charge in [0.1, 0.15) is 11.6 Å². The van der Waals surface area contributed by atoms with Crippen LogP contribution in [-0.4, -0.2) is 71.1 Å². The lowest BCUT2D eigenvalue weighted by Gasteiger charge is -2.26. The number of likely N-dealkylation sites (tertiary alicyclic amines) is 1. The van der Waals surface area contributed by atoms with E-state index in [1.165, 1.54) is 0 Å². The number of carbonyl (C=O) groups is 4. The maximum absolute atomic E-state index is 13.1. The van der Waals surface area contributed by atoms with E-state index in [0.29, 0.717) is 19.3 Å². The summed E-state index contributed by atoms with van der Waals surface area (Å²) in [4.78, 5) is 51.0. The van der Waals surface area contributed by atoms with Crippen molar-refractivity contribution in [2.45, 2.75) is 76.2 Å². The van der Waals surface area contributed by atoms with Crippen LogP contribution in [0, 0.1) is 5.92 Å². The molecule has 1 heterocycles. The molecule has 2 unspecified atom stereocenters. The molecule has 0 bridgehead atoms. The van der Waals surface area contributed by atoms with Crippen molar-refractivity contribution in [1.29, 1.82) is 0 Å². The van der Waals surface area contributed by atoms with E-state index < -0.39 is 53.3 Å². The maximum Gasteiger partial charge on any atom is 0.417 e. The number of nitrogens with zero attached hydrogens (tertiary/aromatic N) is 1. The van der Waals surface area contributed by atoms with E-state index in [9.17, 15) is 24.3 Å². The number of carbonyl (C=O) groups excluding carboxylic acids is 4. The average Bonchev–Trinajstić information content (AvgIpc) is 3.43. The monoisotopic (exact) mass is 490 g/mol. The molecule has 3 rings (SSSR count). The summed E-state index contributed by atoms with van der Waals surface area (Å²) in [5.74, 6) is -2.48. The molecule has 3 atom stereocenters. The van der Waals surface area contributed by atoms with Gasteiger partial charge in [0.2, 0.25) is 5.91 Å². The number of hydrogen-bond acceptors (Lipinski definition) is 8. The first-order valence-electron chi connectivity index (χ1n) is 11.8. The van der Waals surface area contributed by atoms with Crippen LogP contribution in [0.2, 0.25) is 0 Å². The van der Waals surface area contributed by atoms with E-state index in [2.05, 4.69) is 5.32 Å². The molecule has 1 aliphatic carbocycles. The predicted octanol–water partition coefficient (Wildman–Crippen LogP) is 2.56. The first-order chi connectivity index (χ1) is 16.4. The minimum absolute atomic E-state index is 0.0905. The quantitative estimate of drug-likeness (QED) is 0.420. The second-order valence-electron chi connectivity index (χ2n) is 10.1. The molecule has 35 heavy (non-hydrogen) atoms. The number of alkyl carbamates (subject to hydrolysis) is 1. The molecule has 1 saturated heterocycles. The molecule has 2 N–H and O–H groups in total. The standard InChI is InChI=1S/C25H34N2O8/c1-24(2,3)35-23(32)27-18(21(30)33-4)14-17(20(27)29)19(28)15-25(11-12-25)26-22(31)34-13-10-16-8-6-5-7-9-16/h5-9,17-19,28H,10-15H2,1-4H3,(H,26,31)/t17?,18-,19?/m0/s1. The van der Waals surface area contributed by atoms with Gasteiger partial charge in [-0.15, -0.1) is 0 Å². The van der Waals surface area contributed by atoms with E-state index in [1.54, 1.807) is 20.8 Å². The van der Waals surface area contributed by atoms with Crippen molar-refractivity contribution in [2.24, 2.45) is 5.92 Å². The van der Waals surface area contributed by atoms with Gasteiger partial charge in [-0.1, -0.05) is 30.3 Å².